The minimum absolute atomic E-state index is 0. The summed E-state index contributed by atoms with van der Waals surface area (Å²) >= 11 is 0. The van der Waals surface area contributed by atoms with Crippen LogP contribution in [0.15, 0.2) is 18.2 Å². The third kappa shape index (κ3) is 30.7. The topological polar surface area (TPSA) is 0 Å². The molecule has 1 rings (SSSR count). The van der Waals surface area contributed by atoms with Gasteiger partial charge in [-0.2, -0.15) is 6.08 Å². The monoisotopic (exact) mass is 280 g/mol. The first-order valence-corrected chi connectivity index (χ1v) is 5.18. The SMILES string of the molecule is C[SiH]C.Cl.[C-]1=CC=CC1.[CH3-].[CH3-].[Zr+3]. The predicted octanol–water partition coefficient (Wildman–Crippen LogP) is 3.14. The summed E-state index contributed by atoms with van der Waals surface area (Å²) < 4.78 is 0. The van der Waals surface area contributed by atoms with Crippen LogP contribution < -0.4 is 0 Å². The van der Waals surface area contributed by atoms with Crippen molar-refractivity contribution in [3.8, 4) is 0 Å². The van der Waals surface area contributed by atoms with Crippen molar-refractivity contribution in [2.75, 3.05) is 0 Å². The zero-order chi connectivity index (χ0) is 6.24. The number of allylic oxidation sites excluding steroid dienone is 4. The van der Waals surface area contributed by atoms with Crippen LogP contribution in [-0.4, -0.2) is 9.52 Å². The van der Waals surface area contributed by atoms with Crippen molar-refractivity contribution in [2.45, 2.75) is 19.5 Å². The summed E-state index contributed by atoms with van der Waals surface area (Å²) in [6.45, 7) is 4.42. The maximum absolute atomic E-state index is 2.99. The van der Waals surface area contributed by atoms with E-state index < -0.39 is 0 Å². The summed E-state index contributed by atoms with van der Waals surface area (Å²) in [7, 11) is 0.750. The second-order valence-electron chi connectivity index (χ2n) is 1.58. The van der Waals surface area contributed by atoms with E-state index in [4.69, 9.17) is 0 Å². The molecule has 0 aromatic rings. The molecule has 0 aliphatic heterocycles. The molecule has 12 heavy (non-hydrogen) atoms. The van der Waals surface area contributed by atoms with Crippen LogP contribution >= 0.6 is 12.4 Å². The van der Waals surface area contributed by atoms with E-state index in [9.17, 15) is 0 Å². The first-order chi connectivity index (χ1) is 3.91. The van der Waals surface area contributed by atoms with Crippen LogP contribution in [0.1, 0.15) is 6.42 Å². The number of hydrogen-bond donors (Lipinski definition) is 0. The zero-order valence-corrected chi connectivity index (χ0v) is 12.9. The van der Waals surface area contributed by atoms with Crippen LogP contribution in [-0.2, 0) is 26.2 Å². The molecule has 1 aliphatic rings. The van der Waals surface area contributed by atoms with E-state index in [-0.39, 0.29) is 53.5 Å². The Bertz CT molecular complexity index is 82.5. The molecule has 0 saturated heterocycles. The van der Waals surface area contributed by atoms with Crippen molar-refractivity contribution < 1.29 is 26.2 Å². The molecule has 2 radical (unpaired) electrons. The van der Waals surface area contributed by atoms with Gasteiger partial charge in [0.05, 0.1) is 0 Å². The molecule has 0 heterocycles. The summed E-state index contributed by atoms with van der Waals surface area (Å²) in [5, 5.41) is 0. The Kier molecular flexibility index (Phi) is 72.5. The van der Waals surface area contributed by atoms with Gasteiger partial charge in [0.25, 0.3) is 0 Å². The standard InChI is InChI=1S/C5H5.C2H7Si.2CH3.ClH.Zr/c1-2-4-5-3-1;1-3-2;;;;/h1-3H,4H2;3H,1-2H3;2*1H3;1H;/q-1;;2*-1;;+3. The number of halogens is 1. The van der Waals surface area contributed by atoms with Crippen molar-refractivity contribution in [3.63, 3.8) is 0 Å². The summed E-state index contributed by atoms with van der Waals surface area (Å²) in [5.74, 6) is 0. The number of hydrogen-bond acceptors (Lipinski definition) is 0. The molecule has 0 spiro atoms. The van der Waals surface area contributed by atoms with Gasteiger partial charge in [-0.3, -0.25) is 6.08 Å². The smallest absolute Gasteiger partial charge is 0.358 e. The van der Waals surface area contributed by atoms with E-state index in [1.807, 2.05) is 12.2 Å². The first kappa shape index (κ1) is 29.3. The quantitative estimate of drug-likeness (QED) is 0.473. The molecular weight excluding hydrogens is 263 g/mol. The molecule has 3 heteroatoms. The van der Waals surface area contributed by atoms with Crippen molar-refractivity contribution in [3.05, 3.63) is 39.2 Å². The van der Waals surface area contributed by atoms with E-state index in [2.05, 4.69) is 25.2 Å². The predicted molar refractivity (Wildman–Crippen MR) is 60.5 cm³/mol. The molecule has 0 N–H and O–H groups in total. The Morgan fingerprint density at radius 1 is 1.25 bits per heavy atom. The van der Waals surface area contributed by atoms with Gasteiger partial charge in [-0.05, 0) is 0 Å². The van der Waals surface area contributed by atoms with Gasteiger partial charge in [-0.15, -0.1) is 18.8 Å². The van der Waals surface area contributed by atoms with Gasteiger partial charge in [-0.1, -0.05) is 13.1 Å². The van der Waals surface area contributed by atoms with Crippen LogP contribution in [0.3, 0.4) is 0 Å². The van der Waals surface area contributed by atoms with Crippen molar-refractivity contribution in [2.24, 2.45) is 0 Å². The van der Waals surface area contributed by atoms with Gasteiger partial charge >= 0.3 is 26.2 Å². The van der Waals surface area contributed by atoms with Gasteiger partial charge in [-0.25, -0.2) is 12.2 Å². The molecule has 0 amide bonds. The minimum atomic E-state index is 0. The Morgan fingerprint density at radius 3 is 1.75 bits per heavy atom. The van der Waals surface area contributed by atoms with Crippen LogP contribution in [0, 0.1) is 20.9 Å². The van der Waals surface area contributed by atoms with Crippen LogP contribution in [0.4, 0.5) is 0 Å². The van der Waals surface area contributed by atoms with Gasteiger partial charge in [0, 0.05) is 9.52 Å². The van der Waals surface area contributed by atoms with E-state index in [1.165, 1.54) is 0 Å². The van der Waals surface area contributed by atoms with Crippen molar-refractivity contribution in [1.29, 1.82) is 0 Å². The second-order valence-corrected chi connectivity index (χ2v) is 2.74. The number of rotatable bonds is 0. The zero-order valence-electron chi connectivity index (χ0n) is 8.42. The summed E-state index contributed by atoms with van der Waals surface area (Å²) in [4.78, 5) is 0. The third-order valence-electron chi connectivity index (χ3n) is 0.586. The Balaban J connectivity index is -0.0000000219. The van der Waals surface area contributed by atoms with Crippen molar-refractivity contribution >= 4 is 21.9 Å². The molecular formula is C9H19ClSiZr. The molecule has 0 nitrogen and oxygen atoms in total. The fourth-order valence-electron chi connectivity index (χ4n) is 0.340. The van der Waals surface area contributed by atoms with Gasteiger partial charge in [0.15, 0.2) is 0 Å². The molecule has 0 fully saturated rings. The van der Waals surface area contributed by atoms with Crippen LogP contribution in [0.25, 0.3) is 0 Å². The van der Waals surface area contributed by atoms with E-state index in [0.29, 0.717) is 0 Å². The summed E-state index contributed by atoms with van der Waals surface area (Å²) in [6.07, 6.45) is 10.0. The van der Waals surface area contributed by atoms with Crippen LogP contribution in [0.2, 0.25) is 13.1 Å². The molecule has 0 aromatic heterocycles. The summed E-state index contributed by atoms with van der Waals surface area (Å²) in [6, 6.07) is 0. The largest absolute Gasteiger partial charge is 3.00 e. The van der Waals surface area contributed by atoms with Gasteiger partial charge in [0.1, 0.15) is 0 Å². The molecule has 0 aromatic carbocycles. The van der Waals surface area contributed by atoms with E-state index in [1.54, 1.807) is 0 Å². The normalized spacial score (nSPS) is 8.83. The second kappa shape index (κ2) is 29.7. The van der Waals surface area contributed by atoms with Crippen LogP contribution in [0.5, 0.6) is 0 Å². The maximum atomic E-state index is 2.99. The van der Waals surface area contributed by atoms with Gasteiger partial charge < -0.3 is 14.9 Å². The Labute approximate surface area is 106 Å². The summed E-state index contributed by atoms with van der Waals surface area (Å²) in [5.41, 5.74) is 0. The van der Waals surface area contributed by atoms with Gasteiger partial charge in [0.2, 0.25) is 0 Å². The van der Waals surface area contributed by atoms with Crippen molar-refractivity contribution in [1.82, 2.24) is 0 Å². The fourth-order valence-corrected chi connectivity index (χ4v) is 0.340. The maximum Gasteiger partial charge on any atom is 3.00 e. The molecule has 70 valence electrons. The fraction of sp³-hybridized carbons (Fsp3) is 0.333. The van der Waals surface area contributed by atoms with E-state index in [0.717, 1.165) is 15.9 Å². The Hall–Kier alpha value is 0.870. The Morgan fingerprint density at radius 2 is 1.67 bits per heavy atom. The minimum Gasteiger partial charge on any atom is -0.358 e. The average Bonchev–Trinajstić information content (AvgIpc) is 2.17. The average molecular weight is 282 g/mol. The molecule has 0 bridgehead atoms. The first-order valence-electron chi connectivity index (χ1n) is 2.87. The molecule has 0 atom stereocenters. The molecule has 0 saturated carbocycles. The van der Waals surface area contributed by atoms with E-state index >= 15 is 0 Å². The molecule has 1 aliphatic carbocycles. The molecule has 0 unspecified atom stereocenters. The third-order valence-corrected chi connectivity index (χ3v) is 0.586.